The molecule has 2 N–H and O–H groups in total. The van der Waals surface area contributed by atoms with E-state index in [1.165, 1.54) is 7.05 Å². The Bertz CT molecular complexity index is 428. The molecule has 5 nitrogen and oxygen atoms in total. The summed E-state index contributed by atoms with van der Waals surface area (Å²) in [6, 6.07) is 0. The van der Waals surface area contributed by atoms with Crippen LogP contribution in [0.25, 0.3) is 0 Å². The molecule has 0 saturated heterocycles. The van der Waals surface area contributed by atoms with Gasteiger partial charge in [0.05, 0.1) is 5.56 Å². The molecule has 0 fully saturated rings. The van der Waals surface area contributed by atoms with E-state index in [-0.39, 0.29) is 19.1 Å². The molecule has 0 radical (unpaired) electrons. The number of halogens is 3. The lowest BCUT2D eigenvalue weighted by molar-refractivity contribution is -0.141. The highest BCUT2D eigenvalue weighted by atomic mass is 19.4. The Morgan fingerprint density at radius 3 is 2.72 bits per heavy atom. The molecule has 1 atom stereocenters. The third-order valence-electron chi connectivity index (χ3n) is 2.26. The summed E-state index contributed by atoms with van der Waals surface area (Å²) >= 11 is 0. The first-order valence-corrected chi connectivity index (χ1v) is 5.25. The predicted molar refractivity (Wildman–Crippen MR) is 56.8 cm³/mol. The van der Waals surface area contributed by atoms with Gasteiger partial charge >= 0.3 is 6.18 Å². The molecule has 1 rings (SSSR count). The number of aliphatic hydroxyl groups excluding tert-OH is 1. The molecule has 1 amide bonds. The molecule has 18 heavy (non-hydrogen) atoms. The van der Waals surface area contributed by atoms with E-state index < -0.39 is 23.3 Å². The Hall–Kier alpha value is -1.57. The van der Waals surface area contributed by atoms with Gasteiger partial charge in [0.15, 0.2) is 5.69 Å². The normalized spacial score (nSPS) is 13.4. The first kappa shape index (κ1) is 14.5. The molecule has 102 valence electrons. The van der Waals surface area contributed by atoms with Gasteiger partial charge < -0.3 is 10.4 Å². The molecule has 0 aromatic carbocycles. The van der Waals surface area contributed by atoms with Crippen LogP contribution in [0.5, 0.6) is 0 Å². The van der Waals surface area contributed by atoms with Gasteiger partial charge in [0.2, 0.25) is 0 Å². The molecule has 0 aliphatic rings. The standard InChI is InChI=1S/C10H14F3N3O2/c1-6(5-17)3-14-9(18)7-4-16(2)15-8(7)10(11,12)13/h4,6,17H,3,5H2,1-2H3,(H,14,18). The summed E-state index contributed by atoms with van der Waals surface area (Å²) in [7, 11) is 1.31. The van der Waals surface area contributed by atoms with Crippen LogP contribution in [-0.2, 0) is 13.2 Å². The number of hydrogen-bond acceptors (Lipinski definition) is 3. The maximum atomic E-state index is 12.6. The summed E-state index contributed by atoms with van der Waals surface area (Å²) < 4.78 is 38.7. The van der Waals surface area contributed by atoms with E-state index in [2.05, 4.69) is 10.4 Å². The van der Waals surface area contributed by atoms with E-state index in [0.29, 0.717) is 0 Å². The molecular weight excluding hydrogens is 251 g/mol. The monoisotopic (exact) mass is 265 g/mol. The van der Waals surface area contributed by atoms with Crippen molar-refractivity contribution < 1.29 is 23.1 Å². The number of aromatic nitrogens is 2. The third kappa shape index (κ3) is 3.46. The van der Waals surface area contributed by atoms with Crippen molar-refractivity contribution in [2.75, 3.05) is 13.2 Å². The van der Waals surface area contributed by atoms with Crippen molar-refractivity contribution in [3.63, 3.8) is 0 Å². The fourth-order valence-corrected chi connectivity index (χ4v) is 1.29. The summed E-state index contributed by atoms with van der Waals surface area (Å²) in [6.07, 6.45) is -3.65. The largest absolute Gasteiger partial charge is 0.435 e. The molecule has 0 saturated carbocycles. The second-order valence-electron chi connectivity index (χ2n) is 4.06. The van der Waals surface area contributed by atoms with Gasteiger partial charge in [-0.1, -0.05) is 6.92 Å². The van der Waals surface area contributed by atoms with Crippen molar-refractivity contribution >= 4 is 5.91 Å². The molecule has 8 heteroatoms. The number of alkyl halides is 3. The average Bonchev–Trinajstić information content (AvgIpc) is 2.67. The van der Waals surface area contributed by atoms with Crippen molar-refractivity contribution in [3.8, 4) is 0 Å². The lowest BCUT2D eigenvalue weighted by Gasteiger charge is -2.10. The number of carbonyl (C=O) groups is 1. The average molecular weight is 265 g/mol. The summed E-state index contributed by atoms with van der Waals surface area (Å²) in [6.45, 7) is 1.61. The molecular formula is C10H14F3N3O2. The predicted octanol–water partition coefficient (Wildman–Crippen LogP) is 0.797. The van der Waals surface area contributed by atoms with Crippen LogP contribution in [0.15, 0.2) is 6.20 Å². The lowest BCUT2D eigenvalue weighted by Crippen LogP contribution is -2.30. The van der Waals surface area contributed by atoms with Gasteiger partial charge in [-0.15, -0.1) is 0 Å². The van der Waals surface area contributed by atoms with Gasteiger partial charge in [-0.2, -0.15) is 18.3 Å². The minimum atomic E-state index is -4.67. The van der Waals surface area contributed by atoms with Crippen LogP contribution in [-0.4, -0.2) is 33.9 Å². The van der Waals surface area contributed by atoms with Crippen molar-refractivity contribution in [2.45, 2.75) is 13.1 Å². The Kier molecular flexibility index (Phi) is 4.33. The molecule has 1 unspecified atom stereocenters. The number of aryl methyl sites for hydroxylation is 1. The van der Waals surface area contributed by atoms with Gasteiger partial charge in [0, 0.05) is 26.4 Å². The van der Waals surface area contributed by atoms with Crippen LogP contribution in [0.3, 0.4) is 0 Å². The van der Waals surface area contributed by atoms with E-state index in [9.17, 15) is 18.0 Å². The van der Waals surface area contributed by atoms with E-state index >= 15 is 0 Å². The maximum absolute atomic E-state index is 12.6. The zero-order chi connectivity index (χ0) is 13.9. The first-order valence-electron chi connectivity index (χ1n) is 5.25. The molecule has 1 aromatic rings. The lowest BCUT2D eigenvalue weighted by atomic mass is 10.2. The van der Waals surface area contributed by atoms with Crippen LogP contribution in [0, 0.1) is 5.92 Å². The zero-order valence-corrected chi connectivity index (χ0v) is 9.95. The topological polar surface area (TPSA) is 67.2 Å². The van der Waals surface area contributed by atoms with Crippen LogP contribution >= 0.6 is 0 Å². The molecule has 0 aliphatic heterocycles. The van der Waals surface area contributed by atoms with Crippen LogP contribution in [0.4, 0.5) is 13.2 Å². The number of nitrogens with one attached hydrogen (secondary N) is 1. The molecule has 0 bridgehead atoms. The molecule has 1 heterocycles. The highest BCUT2D eigenvalue weighted by molar-refractivity contribution is 5.95. The number of aliphatic hydroxyl groups is 1. The number of rotatable bonds is 4. The van der Waals surface area contributed by atoms with Gasteiger partial charge in [0.25, 0.3) is 5.91 Å². The quantitative estimate of drug-likeness (QED) is 0.846. The van der Waals surface area contributed by atoms with Gasteiger partial charge in [-0.25, -0.2) is 0 Å². The molecule has 1 aromatic heterocycles. The van der Waals surface area contributed by atoms with E-state index in [4.69, 9.17) is 5.11 Å². The highest BCUT2D eigenvalue weighted by Gasteiger charge is 2.38. The van der Waals surface area contributed by atoms with Gasteiger partial charge in [-0.3, -0.25) is 9.48 Å². The van der Waals surface area contributed by atoms with Crippen LogP contribution < -0.4 is 5.32 Å². The second kappa shape index (κ2) is 5.38. The smallest absolute Gasteiger partial charge is 0.396 e. The van der Waals surface area contributed by atoms with Crippen molar-refractivity contribution in [2.24, 2.45) is 13.0 Å². The fraction of sp³-hybridized carbons (Fsp3) is 0.600. The van der Waals surface area contributed by atoms with Crippen molar-refractivity contribution in [1.29, 1.82) is 0 Å². The van der Waals surface area contributed by atoms with Crippen molar-refractivity contribution in [3.05, 3.63) is 17.5 Å². The maximum Gasteiger partial charge on any atom is 0.435 e. The van der Waals surface area contributed by atoms with E-state index in [1.54, 1.807) is 6.92 Å². The number of carbonyl (C=O) groups excluding carboxylic acids is 1. The molecule has 0 aliphatic carbocycles. The van der Waals surface area contributed by atoms with Crippen LogP contribution in [0.2, 0.25) is 0 Å². The minimum absolute atomic E-state index is 0.0987. The third-order valence-corrected chi connectivity index (χ3v) is 2.26. The van der Waals surface area contributed by atoms with E-state index in [0.717, 1.165) is 10.9 Å². The number of nitrogens with zero attached hydrogens (tertiary/aromatic N) is 2. The van der Waals surface area contributed by atoms with Crippen molar-refractivity contribution in [1.82, 2.24) is 15.1 Å². The minimum Gasteiger partial charge on any atom is -0.396 e. The van der Waals surface area contributed by atoms with Gasteiger partial charge in [-0.05, 0) is 5.92 Å². The summed E-state index contributed by atoms with van der Waals surface area (Å²) in [5, 5.41) is 14.3. The Morgan fingerprint density at radius 1 is 1.61 bits per heavy atom. The Morgan fingerprint density at radius 2 is 2.22 bits per heavy atom. The highest BCUT2D eigenvalue weighted by Crippen LogP contribution is 2.30. The van der Waals surface area contributed by atoms with E-state index in [1.807, 2.05) is 0 Å². The van der Waals surface area contributed by atoms with Gasteiger partial charge in [0.1, 0.15) is 0 Å². The second-order valence-corrected chi connectivity index (χ2v) is 4.06. The first-order chi connectivity index (χ1) is 8.25. The fourth-order valence-electron chi connectivity index (χ4n) is 1.29. The summed E-state index contributed by atoms with van der Waals surface area (Å²) in [5.41, 5.74) is -1.73. The molecule has 0 spiro atoms. The summed E-state index contributed by atoms with van der Waals surface area (Å²) in [5.74, 6) is -1.07. The Labute approximate surface area is 102 Å². The zero-order valence-electron chi connectivity index (χ0n) is 9.95. The SMILES string of the molecule is CC(CO)CNC(=O)c1cn(C)nc1C(F)(F)F. The Balaban J connectivity index is 2.86. The van der Waals surface area contributed by atoms with Crippen LogP contribution in [0.1, 0.15) is 23.0 Å². The number of amides is 1. The number of hydrogen-bond donors (Lipinski definition) is 2. The summed E-state index contributed by atoms with van der Waals surface area (Å²) in [4.78, 5) is 11.6.